The third-order valence-corrected chi connectivity index (χ3v) is 3.01. The molecule has 0 N–H and O–H groups in total. The van der Waals surface area contributed by atoms with Gasteiger partial charge in [0.05, 0.1) is 5.56 Å². The highest BCUT2D eigenvalue weighted by molar-refractivity contribution is 5.34. The molecule has 0 aliphatic rings. The van der Waals surface area contributed by atoms with Crippen LogP contribution in [0.15, 0.2) is 42.5 Å². The molecule has 0 aromatic heterocycles. The Hall–Kier alpha value is -2.25. The SMILES string of the molecule is CN(Cc1ccc(F)cc1)Cc1cccc(C#N)c1F. The Kier molecular flexibility index (Phi) is 4.44. The Morgan fingerprint density at radius 1 is 1.05 bits per heavy atom. The van der Waals surface area contributed by atoms with Gasteiger partial charge in [-0.15, -0.1) is 0 Å². The average molecular weight is 272 g/mol. The van der Waals surface area contributed by atoms with E-state index >= 15 is 0 Å². The number of halogens is 2. The topological polar surface area (TPSA) is 27.0 Å². The summed E-state index contributed by atoms with van der Waals surface area (Å²) in [7, 11) is 1.85. The molecule has 0 saturated heterocycles. The molecule has 0 aliphatic heterocycles. The van der Waals surface area contributed by atoms with Gasteiger partial charge in [0.2, 0.25) is 0 Å². The number of hydrogen-bond acceptors (Lipinski definition) is 2. The molecule has 2 aromatic carbocycles. The van der Waals surface area contributed by atoms with Crippen molar-refractivity contribution in [3.05, 3.63) is 70.8 Å². The molecule has 0 radical (unpaired) electrons. The van der Waals surface area contributed by atoms with Crippen LogP contribution in [0.25, 0.3) is 0 Å². The van der Waals surface area contributed by atoms with E-state index in [0.29, 0.717) is 18.7 Å². The first-order valence-electron chi connectivity index (χ1n) is 6.20. The molecule has 4 heteroatoms. The van der Waals surface area contributed by atoms with Crippen molar-refractivity contribution >= 4 is 0 Å². The van der Waals surface area contributed by atoms with Gasteiger partial charge in [-0.05, 0) is 30.8 Å². The fraction of sp³-hybridized carbons (Fsp3) is 0.188. The van der Waals surface area contributed by atoms with Crippen LogP contribution < -0.4 is 0 Å². The van der Waals surface area contributed by atoms with Gasteiger partial charge in [0, 0.05) is 18.7 Å². The molecule has 2 aromatic rings. The van der Waals surface area contributed by atoms with E-state index in [-0.39, 0.29) is 11.4 Å². The second-order valence-corrected chi connectivity index (χ2v) is 4.69. The normalized spacial score (nSPS) is 10.6. The van der Waals surface area contributed by atoms with Gasteiger partial charge in [-0.1, -0.05) is 24.3 Å². The molecule has 0 spiro atoms. The van der Waals surface area contributed by atoms with Crippen LogP contribution in [0, 0.1) is 23.0 Å². The van der Waals surface area contributed by atoms with E-state index in [4.69, 9.17) is 5.26 Å². The molecule has 2 rings (SSSR count). The van der Waals surface area contributed by atoms with E-state index in [1.54, 1.807) is 24.3 Å². The lowest BCUT2D eigenvalue weighted by Gasteiger charge is -2.17. The summed E-state index contributed by atoms with van der Waals surface area (Å²) in [6, 6.07) is 12.8. The first-order chi connectivity index (χ1) is 9.60. The number of nitriles is 1. The zero-order chi connectivity index (χ0) is 14.5. The van der Waals surface area contributed by atoms with Gasteiger partial charge in [-0.2, -0.15) is 5.26 Å². The molecule has 2 nitrogen and oxygen atoms in total. The van der Waals surface area contributed by atoms with Gasteiger partial charge < -0.3 is 0 Å². The van der Waals surface area contributed by atoms with Crippen molar-refractivity contribution in [3.63, 3.8) is 0 Å². The van der Waals surface area contributed by atoms with Crippen molar-refractivity contribution < 1.29 is 8.78 Å². The highest BCUT2D eigenvalue weighted by atomic mass is 19.1. The lowest BCUT2D eigenvalue weighted by Crippen LogP contribution is -2.18. The summed E-state index contributed by atoms with van der Waals surface area (Å²) >= 11 is 0. The minimum Gasteiger partial charge on any atom is -0.298 e. The van der Waals surface area contributed by atoms with E-state index in [2.05, 4.69) is 0 Å². The molecule has 0 saturated carbocycles. The summed E-state index contributed by atoms with van der Waals surface area (Å²) < 4.78 is 26.7. The summed E-state index contributed by atoms with van der Waals surface area (Å²) in [5.74, 6) is -0.745. The summed E-state index contributed by atoms with van der Waals surface area (Å²) in [6.07, 6.45) is 0. The van der Waals surface area contributed by atoms with Crippen molar-refractivity contribution in [2.45, 2.75) is 13.1 Å². The number of benzene rings is 2. The minimum atomic E-state index is -0.471. The van der Waals surface area contributed by atoms with E-state index in [1.165, 1.54) is 18.2 Å². The number of rotatable bonds is 4. The maximum absolute atomic E-state index is 13.9. The van der Waals surface area contributed by atoms with Crippen LogP contribution >= 0.6 is 0 Å². The predicted octanol–water partition coefficient (Wildman–Crippen LogP) is 3.47. The van der Waals surface area contributed by atoms with Crippen LogP contribution in [-0.4, -0.2) is 11.9 Å². The summed E-state index contributed by atoms with van der Waals surface area (Å²) in [5.41, 5.74) is 1.48. The zero-order valence-electron chi connectivity index (χ0n) is 11.1. The highest BCUT2D eigenvalue weighted by Gasteiger charge is 2.10. The van der Waals surface area contributed by atoms with Gasteiger partial charge in [0.15, 0.2) is 0 Å². The first kappa shape index (κ1) is 14.2. The molecular weight excluding hydrogens is 258 g/mol. The van der Waals surface area contributed by atoms with Crippen LogP contribution in [-0.2, 0) is 13.1 Å². The van der Waals surface area contributed by atoms with Crippen LogP contribution in [0.3, 0.4) is 0 Å². The fourth-order valence-corrected chi connectivity index (χ4v) is 2.04. The molecule has 0 atom stereocenters. The second kappa shape index (κ2) is 6.27. The van der Waals surface area contributed by atoms with Crippen LogP contribution in [0.5, 0.6) is 0 Å². The third kappa shape index (κ3) is 3.40. The number of nitrogens with zero attached hydrogens (tertiary/aromatic N) is 2. The van der Waals surface area contributed by atoms with E-state index in [9.17, 15) is 8.78 Å². The van der Waals surface area contributed by atoms with E-state index in [1.807, 2.05) is 18.0 Å². The summed E-state index contributed by atoms with van der Waals surface area (Å²) in [5, 5.41) is 8.80. The monoisotopic (exact) mass is 272 g/mol. The van der Waals surface area contributed by atoms with Crippen molar-refractivity contribution in [2.75, 3.05) is 7.05 Å². The lowest BCUT2D eigenvalue weighted by atomic mass is 10.1. The molecular formula is C16H14F2N2. The van der Waals surface area contributed by atoms with Crippen LogP contribution in [0.2, 0.25) is 0 Å². The number of hydrogen-bond donors (Lipinski definition) is 0. The van der Waals surface area contributed by atoms with Crippen molar-refractivity contribution in [1.29, 1.82) is 5.26 Å². The maximum Gasteiger partial charge on any atom is 0.145 e. The largest absolute Gasteiger partial charge is 0.298 e. The Balaban J connectivity index is 2.07. The maximum atomic E-state index is 13.9. The fourth-order valence-electron chi connectivity index (χ4n) is 2.04. The zero-order valence-corrected chi connectivity index (χ0v) is 11.1. The summed E-state index contributed by atoms with van der Waals surface area (Å²) in [6.45, 7) is 0.967. The molecule has 0 bridgehead atoms. The van der Waals surface area contributed by atoms with Crippen molar-refractivity contribution in [3.8, 4) is 6.07 Å². The Morgan fingerprint density at radius 2 is 1.75 bits per heavy atom. The van der Waals surface area contributed by atoms with Gasteiger partial charge in [-0.3, -0.25) is 4.90 Å². The second-order valence-electron chi connectivity index (χ2n) is 4.69. The lowest BCUT2D eigenvalue weighted by molar-refractivity contribution is 0.313. The molecule has 0 fully saturated rings. The molecule has 0 unspecified atom stereocenters. The molecule has 102 valence electrons. The smallest absolute Gasteiger partial charge is 0.145 e. The third-order valence-electron chi connectivity index (χ3n) is 3.01. The minimum absolute atomic E-state index is 0.0534. The molecule has 0 amide bonds. The molecule has 0 heterocycles. The van der Waals surface area contributed by atoms with E-state index in [0.717, 1.165) is 5.56 Å². The summed E-state index contributed by atoms with van der Waals surface area (Å²) in [4.78, 5) is 1.91. The Labute approximate surface area is 116 Å². The van der Waals surface area contributed by atoms with Gasteiger partial charge in [-0.25, -0.2) is 8.78 Å². The van der Waals surface area contributed by atoms with Gasteiger partial charge >= 0.3 is 0 Å². The molecule has 0 aliphatic carbocycles. The van der Waals surface area contributed by atoms with E-state index < -0.39 is 5.82 Å². The quantitative estimate of drug-likeness (QED) is 0.852. The Bertz CT molecular complexity index is 630. The first-order valence-corrected chi connectivity index (χ1v) is 6.20. The molecule has 20 heavy (non-hydrogen) atoms. The van der Waals surface area contributed by atoms with Gasteiger partial charge in [0.1, 0.15) is 17.7 Å². The standard InChI is InChI=1S/C16H14F2N2/c1-20(10-12-5-7-15(17)8-6-12)11-14-4-2-3-13(9-19)16(14)18/h2-8H,10-11H2,1H3. The highest BCUT2D eigenvalue weighted by Crippen LogP contribution is 2.15. The van der Waals surface area contributed by atoms with Crippen LogP contribution in [0.1, 0.15) is 16.7 Å². The Morgan fingerprint density at radius 3 is 2.40 bits per heavy atom. The predicted molar refractivity (Wildman–Crippen MR) is 72.7 cm³/mol. The average Bonchev–Trinajstić information content (AvgIpc) is 2.44. The van der Waals surface area contributed by atoms with Gasteiger partial charge in [0.25, 0.3) is 0 Å². The van der Waals surface area contributed by atoms with Crippen LogP contribution in [0.4, 0.5) is 8.78 Å². The van der Waals surface area contributed by atoms with Crippen molar-refractivity contribution in [2.24, 2.45) is 0 Å². The van der Waals surface area contributed by atoms with Crippen molar-refractivity contribution in [1.82, 2.24) is 4.90 Å².